The first kappa shape index (κ1) is 10.6. The normalized spacial score (nSPS) is 24.6. The highest BCUT2D eigenvalue weighted by Gasteiger charge is 2.23. The van der Waals surface area contributed by atoms with Crippen molar-refractivity contribution in [3.63, 3.8) is 0 Å². The fourth-order valence-corrected chi connectivity index (χ4v) is 1.40. The Morgan fingerprint density at radius 2 is 2.46 bits per heavy atom. The van der Waals surface area contributed by atoms with Gasteiger partial charge in [0.05, 0.1) is 32.4 Å². The van der Waals surface area contributed by atoms with Crippen molar-refractivity contribution < 1.29 is 14.6 Å². The number of rotatable bonds is 4. The van der Waals surface area contributed by atoms with Crippen LogP contribution < -0.4 is 0 Å². The molecule has 1 atom stereocenters. The number of carbonyl (C=O) groups is 1. The highest BCUT2D eigenvalue weighted by Crippen LogP contribution is 2.06. The van der Waals surface area contributed by atoms with Crippen molar-refractivity contribution in [1.82, 2.24) is 4.90 Å². The monoisotopic (exact) mass is 187 g/mol. The minimum Gasteiger partial charge on any atom is -0.395 e. The van der Waals surface area contributed by atoms with Crippen LogP contribution in [0.3, 0.4) is 0 Å². The number of ketones is 1. The van der Waals surface area contributed by atoms with Gasteiger partial charge in [0, 0.05) is 13.0 Å². The molecule has 4 nitrogen and oxygen atoms in total. The Labute approximate surface area is 78.5 Å². The summed E-state index contributed by atoms with van der Waals surface area (Å²) in [6.07, 6.45) is 0.565. The van der Waals surface area contributed by atoms with E-state index < -0.39 is 0 Å². The third-order valence-electron chi connectivity index (χ3n) is 2.33. The molecule has 1 rings (SSSR count). The first-order chi connectivity index (χ1) is 6.27. The van der Waals surface area contributed by atoms with E-state index in [4.69, 9.17) is 9.84 Å². The van der Waals surface area contributed by atoms with Gasteiger partial charge < -0.3 is 9.84 Å². The number of aliphatic hydroxyl groups excluding tert-OH is 1. The van der Waals surface area contributed by atoms with E-state index in [-0.39, 0.29) is 18.4 Å². The largest absolute Gasteiger partial charge is 0.395 e. The Balaban J connectivity index is 2.40. The summed E-state index contributed by atoms with van der Waals surface area (Å²) < 4.78 is 5.21. The van der Waals surface area contributed by atoms with Crippen LogP contribution in [0.5, 0.6) is 0 Å². The number of morpholine rings is 1. The van der Waals surface area contributed by atoms with Crippen molar-refractivity contribution in [1.29, 1.82) is 0 Å². The van der Waals surface area contributed by atoms with Crippen molar-refractivity contribution in [3.8, 4) is 0 Å². The van der Waals surface area contributed by atoms with Crippen molar-refractivity contribution in [3.05, 3.63) is 0 Å². The molecular weight excluding hydrogens is 170 g/mol. The summed E-state index contributed by atoms with van der Waals surface area (Å²) in [5, 5.41) is 9.01. The molecule has 0 aromatic rings. The van der Waals surface area contributed by atoms with Gasteiger partial charge in [0.25, 0.3) is 0 Å². The number of ether oxygens (including phenoxy) is 1. The number of carbonyl (C=O) groups excluding carboxylic acids is 1. The standard InChI is InChI=1S/C9H17NO3/c1-2-9(12)5-10-3-4-13-7-8(10)6-11/h8,11H,2-7H2,1H3. The molecule has 1 N–H and O–H groups in total. The van der Waals surface area contributed by atoms with E-state index in [1.807, 2.05) is 11.8 Å². The van der Waals surface area contributed by atoms with E-state index in [0.717, 1.165) is 6.54 Å². The van der Waals surface area contributed by atoms with Gasteiger partial charge in [0.2, 0.25) is 0 Å². The molecule has 0 bridgehead atoms. The van der Waals surface area contributed by atoms with Crippen LogP contribution in [-0.4, -0.2) is 54.7 Å². The zero-order valence-corrected chi connectivity index (χ0v) is 8.03. The summed E-state index contributed by atoms with van der Waals surface area (Å²) in [5.41, 5.74) is 0. The summed E-state index contributed by atoms with van der Waals surface area (Å²) in [5.74, 6) is 0.223. The third kappa shape index (κ3) is 3.06. The molecule has 1 unspecified atom stereocenters. The minimum absolute atomic E-state index is 0.00394. The van der Waals surface area contributed by atoms with Crippen LogP contribution in [-0.2, 0) is 9.53 Å². The molecule has 1 aliphatic rings. The molecule has 1 saturated heterocycles. The van der Waals surface area contributed by atoms with Gasteiger partial charge in [0.1, 0.15) is 5.78 Å². The molecule has 4 heteroatoms. The van der Waals surface area contributed by atoms with E-state index in [1.54, 1.807) is 0 Å². The summed E-state index contributed by atoms with van der Waals surface area (Å²) in [6, 6.07) is 0.00394. The lowest BCUT2D eigenvalue weighted by Gasteiger charge is -2.33. The smallest absolute Gasteiger partial charge is 0.146 e. The van der Waals surface area contributed by atoms with Crippen LogP contribution in [0.25, 0.3) is 0 Å². The Hall–Kier alpha value is -0.450. The summed E-state index contributed by atoms with van der Waals surface area (Å²) in [7, 11) is 0. The SMILES string of the molecule is CCC(=O)CN1CCOCC1CO. The zero-order chi connectivity index (χ0) is 9.68. The van der Waals surface area contributed by atoms with E-state index in [2.05, 4.69) is 0 Å². The predicted molar refractivity (Wildman–Crippen MR) is 48.6 cm³/mol. The number of hydrogen-bond donors (Lipinski definition) is 1. The average Bonchev–Trinajstić information content (AvgIpc) is 2.18. The average molecular weight is 187 g/mol. The van der Waals surface area contributed by atoms with Gasteiger partial charge in [-0.2, -0.15) is 0 Å². The molecule has 13 heavy (non-hydrogen) atoms. The van der Waals surface area contributed by atoms with Gasteiger partial charge in [-0.15, -0.1) is 0 Å². The molecule has 0 spiro atoms. The van der Waals surface area contributed by atoms with E-state index >= 15 is 0 Å². The Morgan fingerprint density at radius 1 is 1.69 bits per heavy atom. The number of nitrogens with zero attached hydrogens (tertiary/aromatic N) is 1. The quantitative estimate of drug-likeness (QED) is 0.654. The molecule has 0 radical (unpaired) electrons. The molecule has 0 aliphatic carbocycles. The summed E-state index contributed by atoms with van der Waals surface area (Å²) >= 11 is 0. The van der Waals surface area contributed by atoms with Gasteiger partial charge in [-0.3, -0.25) is 9.69 Å². The van der Waals surface area contributed by atoms with Gasteiger partial charge in [0.15, 0.2) is 0 Å². The second-order valence-electron chi connectivity index (χ2n) is 3.27. The molecule has 1 heterocycles. The molecule has 0 saturated carbocycles. The minimum atomic E-state index is 0.00394. The van der Waals surface area contributed by atoms with Gasteiger partial charge in [-0.25, -0.2) is 0 Å². The summed E-state index contributed by atoms with van der Waals surface area (Å²) in [6.45, 7) is 4.32. The lowest BCUT2D eigenvalue weighted by molar-refractivity contribution is -0.122. The highest BCUT2D eigenvalue weighted by molar-refractivity contribution is 5.80. The first-order valence-electron chi connectivity index (χ1n) is 4.72. The first-order valence-corrected chi connectivity index (χ1v) is 4.72. The molecule has 1 aliphatic heterocycles. The number of Topliss-reactive ketones (excluding diaryl/α,β-unsaturated/α-hetero) is 1. The Bertz CT molecular complexity index is 172. The molecule has 0 aromatic heterocycles. The molecule has 0 aromatic carbocycles. The number of hydrogen-bond acceptors (Lipinski definition) is 4. The van der Waals surface area contributed by atoms with E-state index in [1.165, 1.54) is 0 Å². The van der Waals surface area contributed by atoms with Crippen molar-refractivity contribution in [2.75, 3.05) is 32.9 Å². The van der Waals surface area contributed by atoms with Crippen LogP contribution >= 0.6 is 0 Å². The Morgan fingerprint density at radius 3 is 3.08 bits per heavy atom. The maximum atomic E-state index is 11.2. The van der Waals surface area contributed by atoms with Crippen LogP contribution in [0, 0.1) is 0 Å². The van der Waals surface area contributed by atoms with Gasteiger partial charge in [-0.1, -0.05) is 6.92 Å². The molecule has 1 fully saturated rings. The molecule has 0 amide bonds. The predicted octanol–water partition coefficient (Wildman–Crippen LogP) is -0.341. The Kier molecular flexibility index (Phi) is 4.35. The number of aliphatic hydroxyl groups is 1. The highest BCUT2D eigenvalue weighted by atomic mass is 16.5. The third-order valence-corrected chi connectivity index (χ3v) is 2.33. The van der Waals surface area contributed by atoms with Crippen LogP contribution in [0.4, 0.5) is 0 Å². The van der Waals surface area contributed by atoms with E-state index in [0.29, 0.717) is 26.2 Å². The van der Waals surface area contributed by atoms with Crippen LogP contribution in [0.1, 0.15) is 13.3 Å². The lowest BCUT2D eigenvalue weighted by atomic mass is 10.2. The van der Waals surface area contributed by atoms with Crippen LogP contribution in [0.15, 0.2) is 0 Å². The fourth-order valence-electron chi connectivity index (χ4n) is 1.40. The summed E-state index contributed by atoms with van der Waals surface area (Å²) in [4.78, 5) is 13.2. The zero-order valence-electron chi connectivity index (χ0n) is 8.03. The fraction of sp³-hybridized carbons (Fsp3) is 0.889. The maximum absolute atomic E-state index is 11.2. The van der Waals surface area contributed by atoms with Crippen molar-refractivity contribution >= 4 is 5.78 Å². The second-order valence-corrected chi connectivity index (χ2v) is 3.27. The van der Waals surface area contributed by atoms with E-state index in [9.17, 15) is 4.79 Å². The van der Waals surface area contributed by atoms with Gasteiger partial charge >= 0.3 is 0 Å². The van der Waals surface area contributed by atoms with Crippen molar-refractivity contribution in [2.45, 2.75) is 19.4 Å². The second kappa shape index (κ2) is 5.32. The molecular formula is C9H17NO3. The lowest BCUT2D eigenvalue weighted by Crippen LogP contribution is -2.49. The van der Waals surface area contributed by atoms with Gasteiger partial charge in [-0.05, 0) is 0 Å². The topological polar surface area (TPSA) is 49.8 Å². The van der Waals surface area contributed by atoms with Crippen molar-refractivity contribution in [2.24, 2.45) is 0 Å². The van der Waals surface area contributed by atoms with Crippen LogP contribution in [0.2, 0.25) is 0 Å². The molecule has 76 valence electrons. The maximum Gasteiger partial charge on any atom is 0.146 e.